The molecule has 0 aliphatic carbocycles. The lowest BCUT2D eigenvalue weighted by Gasteiger charge is -2.31. The molecule has 128 valence electrons. The Hall–Kier alpha value is -2.65. The van der Waals surface area contributed by atoms with Crippen molar-refractivity contribution in [3.8, 4) is 11.8 Å². The van der Waals surface area contributed by atoms with Gasteiger partial charge in [-0.05, 0) is 38.1 Å². The van der Waals surface area contributed by atoms with Gasteiger partial charge in [0.15, 0.2) is 11.4 Å². The minimum absolute atomic E-state index is 0.334. The molecule has 3 aromatic heterocycles. The molecule has 0 aromatic carbocycles. The number of pyridine rings is 2. The molecule has 1 fully saturated rings. The Balaban J connectivity index is 1.69. The summed E-state index contributed by atoms with van der Waals surface area (Å²) in [5.74, 6) is 1.06. The van der Waals surface area contributed by atoms with Crippen molar-refractivity contribution in [2.24, 2.45) is 5.92 Å². The van der Waals surface area contributed by atoms with Crippen molar-refractivity contribution >= 4 is 21.9 Å². The molecule has 0 amide bonds. The standard InChI is InChI=1S/C19H21N5O/c1-2-24-8-4-5-13(11-24)12-25-18-15(9-20)22-10-16-17(18)14-6-3-7-21-19(14)23-16/h3,6-7,10,13H,2,4-5,8,11-12H2,1H3,(H,21,23). The molecule has 6 nitrogen and oxygen atoms in total. The number of nitriles is 1. The fraction of sp³-hybridized carbons (Fsp3) is 0.421. The molecule has 0 saturated carbocycles. The molecule has 0 spiro atoms. The Bertz CT molecular complexity index is 942. The van der Waals surface area contributed by atoms with Crippen molar-refractivity contribution in [2.75, 3.05) is 26.2 Å². The van der Waals surface area contributed by atoms with Crippen LogP contribution >= 0.6 is 0 Å². The molecule has 25 heavy (non-hydrogen) atoms. The number of hydrogen-bond donors (Lipinski definition) is 1. The second kappa shape index (κ2) is 6.69. The van der Waals surface area contributed by atoms with E-state index in [0.29, 0.717) is 24.0 Å². The molecule has 1 aliphatic heterocycles. The maximum absolute atomic E-state index is 9.48. The third kappa shape index (κ3) is 2.92. The van der Waals surface area contributed by atoms with E-state index >= 15 is 0 Å². The van der Waals surface area contributed by atoms with Crippen LogP contribution in [0.25, 0.3) is 21.9 Å². The Morgan fingerprint density at radius 2 is 2.36 bits per heavy atom. The summed E-state index contributed by atoms with van der Waals surface area (Å²) in [4.78, 5) is 14.3. The Morgan fingerprint density at radius 3 is 3.20 bits per heavy atom. The Labute approximate surface area is 146 Å². The number of ether oxygens (including phenoxy) is 1. The first-order valence-electron chi connectivity index (χ1n) is 8.80. The number of rotatable bonds is 4. The van der Waals surface area contributed by atoms with Crippen LogP contribution in [-0.4, -0.2) is 46.1 Å². The number of H-pyrrole nitrogens is 1. The highest BCUT2D eigenvalue weighted by Gasteiger charge is 2.22. The number of fused-ring (bicyclic) bond motifs is 3. The minimum atomic E-state index is 0.334. The molecule has 0 radical (unpaired) electrons. The van der Waals surface area contributed by atoms with E-state index in [1.807, 2.05) is 12.1 Å². The summed E-state index contributed by atoms with van der Waals surface area (Å²) in [7, 11) is 0. The highest BCUT2D eigenvalue weighted by Crippen LogP contribution is 2.34. The van der Waals surface area contributed by atoms with Crippen LogP contribution in [0.5, 0.6) is 5.75 Å². The summed E-state index contributed by atoms with van der Waals surface area (Å²) in [5, 5.41) is 11.3. The predicted molar refractivity (Wildman–Crippen MR) is 96.4 cm³/mol. The average molecular weight is 335 g/mol. The van der Waals surface area contributed by atoms with Crippen molar-refractivity contribution in [2.45, 2.75) is 19.8 Å². The summed E-state index contributed by atoms with van der Waals surface area (Å²) in [6.07, 6.45) is 5.80. The zero-order valence-corrected chi connectivity index (χ0v) is 14.3. The normalized spacial score (nSPS) is 18.5. The summed E-state index contributed by atoms with van der Waals surface area (Å²) >= 11 is 0. The van der Waals surface area contributed by atoms with Gasteiger partial charge in [0.05, 0.1) is 23.7 Å². The van der Waals surface area contributed by atoms with Gasteiger partial charge >= 0.3 is 0 Å². The maximum atomic E-state index is 9.48. The lowest BCUT2D eigenvalue weighted by atomic mass is 9.99. The quantitative estimate of drug-likeness (QED) is 0.793. The van der Waals surface area contributed by atoms with Crippen LogP contribution in [0.2, 0.25) is 0 Å². The van der Waals surface area contributed by atoms with Crippen LogP contribution in [0.1, 0.15) is 25.5 Å². The first-order valence-corrected chi connectivity index (χ1v) is 8.80. The summed E-state index contributed by atoms with van der Waals surface area (Å²) in [6, 6.07) is 6.06. The summed E-state index contributed by atoms with van der Waals surface area (Å²) in [5.41, 5.74) is 1.97. The number of likely N-dealkylation sites (tertiary alicyclic amines) is 1. The van der Waals surface area contributed by atoms with Crippen LogP contribution in [0, 0.1) is 17.2 Å². The van der Waals surface area contributed by atoms with Crippen molar-refractivity contribution < 1.29 is 4.74 Å². The van der Waals surface area contributed by atoms with Gasteiger partial charge in [-0.25, -0.2) is 9.97 Å². The fourth-order valence-electron chi connectivity index (χ4n) is 3.69. The summed E-state index contributed by atoms with van der Waals surface area (Å²) < 4.78 is 6.18. The van der Waals surface area contributed by atoms with Crippen LogP contribution in [-0.2, 0) is 0 Å². The second-order valence-corrected chi connectivity index (χ2v) is 6.57. The van der Waals surface area contributed by atoms with Gasteiger partial charge in [0.25, 0.3) is 0 Å². The zero-order valence-electron chi connectivity index (χ0n) is 14.3. The van der Waals surface area contributed by atoms with E-state index in [4.69, 9.17) is 4.74 Å². The first-order chi connectivity index (χ1) is 12.3. The largest absolute Gasteiger partial charge is 0.489 e. The van der Waals surface area contributed by atoms with Crippen molar-refractivity contribution in [1.29, 1.82) is 5.26 Å². The van der Waals surface area contributed by atoms with E-state index in [0.717, 1.165) is 41.4 Å². The lowest BCUT2D eigenvalue weighted by molar-refractivity contribution is 0.135. The van der Waals surface area contributed by atoms with Gasteiger partial charge in [0, 0.05) is 24.0 Å². The molecule has 0 bridgehead atoms. The van der Waals surface area contributed by atoms with E-state index in [1.165, 1.54) is 13.0 Å². The van der Waals surface area contributed by atoms with Crippen molar-refractivity contribution in [3.63, 3.8) is 0 Å². The van der Waals surface area contributed by atoms with Crippen LogP contribution in [0.3, 0.4) is 0 Å². The second-order valence-electron chi connectivity index (χ2n) is 6.57. The molecular weight excluding hydrogens is 314 g/mol. The van der Waals surface area contributed by atoms with Crippen LogP contribution in [0.4, 0.5) is 0 Å². The molecule has 1 atom stereocenters. The SMILES string of the molecule is CCN1CCCC(COc2c(C#N)ncc3[nH]c4ncccc4c23)C1. The Morgan fingerprint density at radius 1 is 1.44 bits per heavy atom. The highest BCUT2D eigenvalue weighted by molar-refractivity contribution is 6.09. The van der Waals surface area contributed by atoms with Gasteiger partial charge in [0.2, 0.25) is 0 Å². The van der Waals surface area contributed by atoms with Gasteiger partial charge in [-0.15, -0.1) is 0 Å². The predicted octanol–water partition coefficient (Wildman–Crippen LogP) is 3.09. The minimum Gasteiger partial charge on any atom is -0.489 e. The molecule has 3 aromatic rings. The number of hydrogen-bond acceptors (Lipinski definition) is 5. The van der Waals surface area contributed by atoms with Crippen LogP contribution < -0.4 is 4.74 Å². The van der Waals surface area contributed by atoms with Gasteiger partial charge in [0.1, 0.15) is 11.7 Å². The number of aromatic amines is 1. The molecule has 4 heterocycles. The van der Waals surface area contributed by atoms with Gasteiger partial charge < -0.3 is 14.6 Å². The van der Waals surface area contributed by atoms with Crippen LogP contribution in [0.15, 0.2) is 24.5 Å². The number of piperidine rings is 1. The molecule has 1 N–H and O–H groups in total. The van der Waals surface area contributed by atoms with E-state index in [9.17, 15) is 5.26 Å². The molecule has 1 unspecified atom stereocenters. The third-order valence-corrected chi connectivity index (χ3v) is 4.98. The topological polar surface area (TPSA) is 77.8 Å². The van der Waals surface area contributed by atoms with Gasteiger partial charge in [-0.3, -0.25) is 0 Å². The zero-order chi connectivity index (χ0) is 17.2. The molecular formula is C19H21N5O. The number of aromatic nitrogens is 3. The lowest BCUT2D eigenvalue weighted by Crippen LogP contribution is -2.37. The maximum Gasteiger partial charge on any atom is 0.183 e. The van der Waals surface area contributed by atoms with Crippen molar-refractivity contribution in [3.05, 3.63) is 30.2 Å². The van der Waals surface area contributed by atoms with E-state index in [-0.39, 0.29) is 0 Å². The molecule has 1 aliphatic rings. The van der Waals surface area contributed by atoms with Crippen molar-refractivity contribution in [1.82, 2.24) is 19.9 Å². The molecule has 4 rings (SSSR count). The number of nitrogens with zero attached hydrogens (tertiary/aromatic N) is 4. The first kappa shape index (κ1) is 15.9. The van der Waals surface area contributed by atoms with Gasteiger partial charge in [-0.1, -0.05) is 6.92 Å². The van der Waals surface area contributed by atoms with Gasteiger partial charge in [-0.2, -0.15) is 5.26 Å². The van der Waals surface area contributed by atoms with E-state index in [2.05, 4.69) is 32.8 Å². The monoisotopic (exact) mass is 335 g/mol. The fourth-order valence-corrected chi connectivity index (χ4v) is 3.69. The number of nitrogens with one attached hydrogen (secondary N) is 1. The molecule has 6 heteroatoms. The smallest absolute Gasteiger partial charge is 0.183 e. The average Bonchev–Trinajstić information content (AvgIpc) is 3.05. The summed E-state index contributed by atoms with van der Waals surface area (Å²) in [6.45, 7) is 6.10. The van der Waals surface area contributed by atoms with E-state index in [1.54, 1.807) is 12.4 Å². The highest BCUT2D eigenvalue weighted by atomic mass is 16.5. The third-order valence-electron chi connectivity index (χ3n) is 4.98. The van der Waals surface area contributed by atoms with E-state index < -0.39 is 0 Å². The molecule has 1 saturated heterocycles. The Kier molecular flexibility index (Phi) is 4.24.